The zero-order chi connectivity index (χ0) is 15.4. The SMILES string of the molecule is COc1cc(CNc2cnc(Cl)c(Br)c2)cc(Br)c1OC. The Hall–Kier alpha value is -0.980. The first-order valence-corrected chi connectivity index (χ1v) is 7.97. The van der Waals surface area contributed by atoms with Gasteiger partial charge in [-0.15, -0.1) is 0 Å². The molecule has 7 heteroatoms. The van der Waals surface area contributed by atoms with E-state index < -0.39 is 0 Å². The summed E-state index contributed by atoms with van der Waals surface area (Å²) in [5.41, 5.74) is 1.92. The topological polar surface area (TPSA) is 43.4 Å². The van der Waals surface area contributed by atoms with Crippen molar-refractivity contribution in [1.29, 1.82) is 0 Å². The van der Waals surface area contributed by atoms with Crippen LogP contribution < -0.4 is 14.8 Å². The van der Waals surface area contributed by atoms with Crippen molar-refractivity contribution in [3.05, 3.63) is 44.1 Å². The van der Waals surface area contributed by atoms with Crippen LogP contribution in [0.4, 0.5) is 5.69 Å². The molecular formula is C14H13Br2ClN2O2. The Balaban J connectivity index is 2.16. The van der Waals surface area contributed by atoms with Gasteiger partial charge in [-0.1, -0.05) is 11.6 Å². The van der Waals surface area contributed by atoms with Gasteiger partial charge in [0.15, 0.2) is 11.5 Å². The van der Waals surface area contributed by atoms with E-state index in [1.54, 1.807) is 20.4 Å². The molecule has 0 atom stereocenters. The molecule has 0 saturated carbocycles. The third kappa shape index (κ3) is 4.02. The number of rotatable bonds is 5. The zero-order valence-corrected chi connectivity index (χ0v) is 15.3. The molecule has 2 aromatic rings. The van der Waals surface area contributed by atoms with Crippen molar-refractivity contribution in [1.82, 2.24) is 4.98 Å². The molecule has 0 fully saturated rings. The first-order chi connectivity index (χ1) is 10.0. The van der Waals surface area contributed by atoms with E-state index in [2.05, 4.69) is 42.2 Å². The molecule has 0 amide bonds. The van der Waals surface area contributed by atoms with E-state index in [9.17, 15) is 0 Å². The highest BCUT2D eigenvalue weighted by molar-refractivity contribution is 9.10. The lowest BCUT2D eigenvalue weighted by Crippen LogP contribution is -2.01. The van der Waals surface area contributed by atoms with Crippen molar-refractivity contribution in [3.63, 3.8) is 0 Å². The molecule has 2 rings (SSSR count). The molecule has 1 N–H and O–H groups in total. The van der Waals surface area contributed by atoms with Gasteiger partial charge in [-0.05, 0) is 55.6 Å². The number of ether oxygens (including phenoxy) is 2. The molecule has 0 bridgehead atoms. The lowest BCUT2D eigenvalue weighted by molar-refractivity contribution is 0.352. The number of nitrogens with zero attached hydrogens (tertiary/aromatic N) is 1. The molecule has 0 spiro atoms. The first-order valence-electron chi connectivity index (χ1n) is 6.00. The molecule has 0 aliphatic carbocycles. The van der Waals surface area contributed by atoms with Crippen LogP contribution in [0.5, 0.6) is 11.5 Å². The summed E-state index contributed by atoms with van der Waals surface area (Å²) in [6.45, 7) is 0.620. The molecule has 1 heterocycles. The second-order valence-electron chi connectivity index (χ2n) is 4.16. The standard InChI is InChI=1S/C14H13Br2ClN2O2/c1-20-12-4-8(3-10(15)13(12)21-2)6-18-9-5-11(16)14(17)19-7-9/h3-5,7,18H,6H2,1-2H3. The van der Waals surface area contributed by atoms with E-state index in [4.69, 9.17) is 21.1 Å². The van der Waals surface area contributed by atoms with Crippen LogP contribution in [0.1, 0.15) is 5.56 Å². The monoisotopic (exact) mass is 434 g/mol. The second-order valence-corrected chi connectivity index (χ2v) is 6.23. The van der Waals surface area contributed by atoms with Gasteiger partial charge in [0.05, 0.1) is 35.0 Å². The van der Waals surface area contributed by atoms with E-state index in [-0.39, 0.29) is 0 Å². The van der Waals surface area contributed by atoms with E-state index in [1.165, 1.54) is 0 Å². The number of halogens is 3. The summed E-state index contributed by atoms with van der Waals surface area (Å²) >= 11 is 12.7. The molecule has 0 aliphatic rings. The fourth-order valence-corrected chi connectivity index (χ4v) is 2.90. The average Bonchev–Trinajstić information content (AvgIpc) is 2.47. The van der Waals surface area contributed by atoms with Gasteiger partial charge in [0.2, 0.25) is 0 Å². The Morgan fingerprint density at radius 3 is 2.52 bits per heavy atom. The normalized spacial score (nSPS) is 10.3. The molecule has 0 radical (unpaired) electrons. The first kappa shape index (κ1) is 16.4. The minimum Gasteiger partial charge on any atom is -0.493 e. The smallest absolute Gasteiger partial charge is 0.174 e. The summed E-state index contributed by atoms with van der Waals surface area (Å²) in [5, 5.41) is 3.72. The summed E-state index contributed by atoms with van der Waals surface area (Å²) in [7, 11) is 3.22. The third-order valence-electron chi connectivity index (χ3n) is 2.79. The third-order valence-corrected chi connectivity index (χ3v) is 4.51. The molecule has 0 saturated heterocycles. The predicted molar refractivity (Wildman–Crippen MR) is 91.5 cm³/mol. The molecule has 0 unspecified atom stereocenters. The van der Waals surface area contributed by atoms with Crippen LogP contribution in [-0.2, 0) is 6.54 Å². The van der Waals surface area contributed by atoms with E-state index in [1.807, 2.05) is 18.2 Å². The number of anilines is 1. The second kappa shape index (κ2) is 7.33. The molecule has 112 valence electrons. The quantitative estimate of drug-likeness (QED) is 0.678. The maximum absolute atomic E-state index is 5.87. The van der Waals surface area contributed by atoms with Crippen LogP contribution in [0.25, 0.3) is 0 Å². The Morgan fingerprint density at radius 1 is 1.14 bits per heavy atom. The van der Waals surface area contributed by atoms with Gasteiger partial charge in [-0.2, -0.15) is 0 Å². The zero-order valence-electron chi connectivity index (χ0n) is 11.4. The summed E-state index contributed by atoms with van der Waals surface area (Å²) < 4.78 is 12.2. The maximum Gasteiger partial charge on any atom is 0.174 e. The highest BCUT2D eigenvalue weighted by atomic mass is 79.9. The highest BCUT2D eigenvalue weighted by Crippen LogP contribution is 2.36. The van der Waals surface area contributed by atoms with Gasteiger partial charge in [0.1, 0.15) is 5.15 Å². The van der Waals surface area contributed by atoms with E-state index >= 15 is 0 Å². The number of hydrogen-bond donors (Lipinski definition) is 1. The van der Waals surface area contributed by atoms with Crippen LogP contribution in [-0.4, -0.2) is 19.2 Å². The number of aromatic nitrogens is 1. The Labute approximate surface area is 145 Å². The Kier molecular flexibility index (Phi) is 5.72. The van der Waals surface area contributed by atoms with Crippen molar-refractivity contribution in [2.24, 2.45) is 0 Å². The van der Waals surface area contributed by atoms with Gasteiger partial charge in [0.25, 0.3) is 0 Å². The van der Waals surface area contributed by atoms with Crippen molar-refractivity contribution in [3.8, 4) is 11.5 Å². The minimum atomic E-state index is 0.439. The molecule has 4 nitrogen and oxygen atoms in total. The van der Waals surface area contributed by atoms with Crippen molar-refractivity contribution in [2.45, 2.75) is 6.54 Å². The molecule has 0 aliphatic heterocycles. The fraction of sp³-hybridized carbons (Fsp3) is 0.214. The van der Waals surface area contributed by atoms with Gasteiger partial charge < -0.3 is 14.8 Å². The van der Waals surface area contributed by atoms with Crippen LogP contribution >= 0.6 is 43.5 Å². The van der Waals surface area contributed by atoms with E-state index in [0.717, 1.165) is 20.2 Å². The molecule has 1 aromatic heterocycles. The summed E-state index contributed by atoms with van der Waals surface area (Å²) in [4.78, 5) is 4.07. The predicted octanol–water partition coefficient (Wildman–Crippen LogP) is 4.89. The number of pyridine rings is 1. The Bertz CT molecular complexity index is 653. The fourth-order valence-electron chi connectivity index (χ4n) is 1.80. The lowest BCUT2D eigenvalue weighted by atomic mass is 10.2. The summed E-state index contributed by atoms with van der Waals surface area (Å²) in [6, 6.07) is 5.78. The van der Waals surface area contributed by atoms with Gasteiger partial charge in [-0.25, -0.2) is 4.98 Å². The number of benzene rings is 1. The number of methoxy groups -OCH3 is 2. The van der Waals surface area contributed by atoms with Crippen molar-refractivity contribution in [2.75, 3.05) is 19.5 Å². The summed E-state index contributed by atoms with van der Waals surface area (Å²) in [5.74, 6) is 1.36. The van der Waals surface area contributed by atoms with Gasteiger partial charge in [0, 0.05) is 6.54 Å². The van der Waals surface area contributed by atoms with Crippen molar-refractivity contribution < 1.29 is 9.47 Å². The van der Waals surface area contributed by atoms with Gasteiger partial charge in [-0.3, -0.25) is 0 Å². The van der Waals surface area contributed by atoms with Crippen LogP contribution in [0, 0.1) is 0 Å². The largest absolute Gasteiger partial charge is 0.493 e. The lowest BCUT2D eigenvalue weighted by Gasteiger charge is -2.13. The highest BCUT2D eigenvalue weighted by Gasteiger charge is 2.10. The van der Waals surface area contributed by atoms with Crippen LogP contribution in [0.2, 0.25) is 5.15 Å². The average molecular weight is 437 g/mol. The van der Waals surface area contributed by atoms with Crippen molar-refractivity contribution >= 4 is 49.1 Å². The molecular weight excluding hydrogens is 423 g/mol. The maximum atomic E-state index is 5.87. The Morgan fingerprint density at radius 2 is 1.90 bits per heavy atom. The summed E-state index contributed by atoms with van der Waals surface area (Å²) in [6.07, 6.45) is 1.68. The van der Waals surface area contributed by atoms with Crippen LogP contribution in [0.15, 0.2) is 33.3 Å². The van der Waals surface area contributed by atoms with E-state index in [0.29, 0.717) is 23.2 Å². The minimum absolute atomic E-state index is 0.439. The van der Waals surface area contributed by atoms with Gasteiger partial charge >= 0.3 is 0 Å². The molecule has 1 aromatic carbocycles. The number of hydrogen-bond acceptors (Lipinski definition) is 4. The van der Waals surface area contributed by atoms with Crippen LogP contribution in [0.3, 0.4) is 0 Å². The number of nitrogens with one attached hydrogen (secondary N) is 1. The molecule has 21 heavy (non-hydrogen) atoms.